The predicted molar refractivity (Wildman–Crippen MR) is 68.1 cm³/mol. The topological polar surface area (TPSA) is 48.9 Å². The second-order valence-corrected chi connectivity index (χ2v) is 4.33. The molecule has 5 nitrogen and oxygen atoms in total. The molecule has 0 radical (unpaired) electrons. The van der Waals surface area contributed by atoms with Gasteiger partial charge < -0.3 is 0 Å². The molecule has 5 heteroatoms. The van der Waals surface area contributed by atoms with Crippen LogP contribution in [0, 0.1) is 0 Å². The van der Waals surface area contributed by atoms with Crippen LogP contribution in [0.2, 0.25) is 0 Å². The molecule has 0 spiro atoms. The van der Waals surface area contributed by atoms with Crippen LogP contribution < -0.4 is 11.4 Å². The SMILES string of the molecule is CC1C=CCn2c(=O)n(-c3ccccc3)c(=O)n21. The summed E-state index contributed by atoms with van der Waals surface area (Å²) in [5.74, 6) is 0. The lowest BCUT2D eigenvalue weighted by Gasteiger charge is -2.16. The molecular formula is C13H13N3O2. The molecule has 2 aromatic rings. The van der Waals surface area contributed by atoms with Gasteiger partial charge in [0.25, 0.3) is 0 Å². The number of para-hydroxylation sites is 1. The first-order valence-corrected chi connectivity index (χ1v) is 5.86. The molecule has 0 amide bonds. The Morgan fingerprint density at radius 3 is 2.50 bits per heavy atom. The Bertz CT molecular complexity index is 719. The Morgan fingerprint density at radius 1 is 1.11 bits per heavy atom. The van der Waals surface area contributed by atoms with E-state index in [0.717, 1.165) is 0 Å². The lowest BCUT2D eigenvalue weighted by Crippen LogP contribution is -2.30. The summed E-state index contributed by atoms with van der Waals surface area (Å²) in [6.45, 7) is 2.33. The monoisotopic (exact) mass is 243 g/mol. The van der Waals surface area contributed by atoms with Gasteiger partial charge in [0.15, 0.2) is 0 Å². The number of benzene rings is 1. The molecule has 0 saturated heterocycles. The van der Waals surface area contributed by atoms with Crippen LogP contribution in [0.3, 0.4) is 0 Å². The van der Waals surface area contributed by atoms with Crippen LogP contribution >= 0.6 is 0 Å². The minimum Gasteiger partial charge on any atom is -0.245 e. The van der Waals surface area contributed by atoms with Crippen molar-refractivity contribution < 1.29 is 0 Å². The van der Waals surface area contributed by atoms with Crippen molar-refractivity contribution in [2.24, 2.45) is 0 Å². The third-order valence-electron chi connectivity index (χ3n) is 3.15. The van der Waals surface area contributed by atoms with Crippen LogP contribution in [0.15, 0.2) is 52.1 Å². The van der Waals surface area contributed by atoms with Gasteiger partial charge in [-0.15, -0.1) is 0 Å². The van der Waals surface area contributed by atoms with E-state index in [4.69, 9.17) is 0 Å². The van der Waals surface area contributed by atoms with E-state index in [1.165, 1.54) is 13.9 Å². The van der Waals surface area contributed by atoms with Gasteiger partial charge in [-0.3, -0.25) is 0 Å². The zero-order valence-corrected chi connectivity index (χ0v) is 9.98. The molecule has 1 aromatic heterocycles. The Morgan fingerprint density at radius 2 is 1.83 bits per heavy atom. The maximum atomic E-state index is 12.3. The Kier molecular flexibility index (Phi) is 2.33. The zero-order chi connectivity index (χ0) is 12.7. The molecule has 0 aliphatic carbocycles. The maximum Gasteiger partial charge on any atom is 0.352 e. The molecule has 1 aliphatic heterocycles. The second-order valence-electron chi connectivity index (χ2n) is 4.33. The normalized spacial score (nSPS) is 17.7. The molecule has 1 aliphatic rings. The standard InChI is InChI=1S/C13H13N3O2/c1-10-6-5-9-14-12(17)15(13(18)16(10)14)11-7-3-2-4-8-11/h2-8,10H,9H2,1H3. The molecule has 0 fully saturated rings. The van der Waals surface area contributed by atoms with E-state index < -0.39 is 0 Å². The van der Waals surface area contributed by atoms with Gasteiger partial charge in [0.05, 0.1) is 18.3 Å². The van der Waals surface area contributed by atoms with Gasteiger partial charge in [0.2, 0.25) is 0 Å². The molecule has 2 heterocycles. The average Bonchev–Trinajstić information content (AvgIpc) is 2.64. The van der Waals surface area contributed by atoms with Crippen molar-refractivity contribution in [3.05, 3.63) is 63.5 Å². The summed E-state index contributed by atoms with van der Waals surface area (Å²) >= 11 is 0. The third kappa shape index (κ3) is 1.40. The molecule has 0 saturated carbocycles. The van der Waals surface area contributed by atoms with Gasteiger partial charge >= 0.3 is 11.4 Å². The highest BCUT2D eigenvalue weighted by Gasteiger charge is 2.21. The fourth-order valence-corrected chi connectivity index (χ4v) is 2.29. The molecule has 1 aromatic carbocycles. The summed E-state index contributed by atoms with van der Waals surface area (Å²) in [6.07, 6.45) is 3.83. The van der Waals surface area contributed by atoms with E-state index in [1.54, 1.807) is 12.1 Å². The highest BCUT2D eigenvalue weighted by Crippen LogP contribution is 2.09. The number of hydrogen-bond acceptors (Lipinski definition) is 2. The van der Waals surface area contributed by atoms with Crippen LogP contribution in [0.25, 0.3) is 5.69 Å². The molecule has 3 rings (SSSR count). The Balaban J connectivity index is 2.32. The van der Waals surface area contributed by atoms with Gasteiger partial charge in [-0.2, -0.15) is 0 Å². The minimum atomic E-state index is -0.289. The lowest BCUT2D eigenvalue weighted by atomic mass is 10.3. The number of nitrogens with zero attached hydrogens (tertiary/aromatic N) is 3. The summed E-state index contributed by atoms with van der Waals surface area (Å²) in [5.41, 5.74) is 0.0274. The number of hydrogen-bond donors (Lipinski definition) is 0. The number of allylic oxidation sites excluding steroid dienone is 2. The molecular weight excluding hydrogens is 230 g/mol. The molecule has 92 valence electrons. The Labute approximate surface area is 103 Å². The third-order valence-corrected chi connectivity index (χ3v) is 3.15. The molecule has 1 unspecified atom stereocenters. The highest BCUT2D eigenvalue weighted by atomic mass is 16.2. The summed E-state index contributed by atoms with van der Waals surface area (Å²) in [4.78, 5) is 24.6. The van der Waals surface area contributed by atoms with E-state index in [1.807, 2.05) is 37.3 Å². The fraction of sp³-hybridized carbons (Fsp3) is 0.231. The molecule has 0 bridgehead atoms. The van der Waals surface area contributed by atoms with Crippen molar-refractivity contribution in [1.29, 1.82) is 0 Å². The van der Waals surface area contributed by atoms with Crippen LogP contribution in [-0.2, 0) is 6.54 Å². The van der Waals surface area contributed by atoms with Crippen molar-refractivity contribution in [2.75, 3.05) is 0 Å². The first-order chi connectivity index (χ1) is 8.70. The van der Waals surface area contributed by atoms with Gasteiger partial charge in [-0.05, 0) is 19.1 Å². The van der Waals surface area contributed by atoms with Gasteiger partial charge in [0, 0.05) is 0 Å². The number of aromatic nitrogens is 3. The zero-order valence-electron chi connectivity index (χ0n) is 9.98. The number of fused-ring (bicyclic) bond motifs is 1. The quantitative estimate of drug-likeness (QED) is 0.700. The molecule has 1 atom stereocenters. The van der Waals surface area contributed by atoms with Crippen molar-refractivity contribution in [3.8, 4) is 5.69 Å². The average molecular weight is 243 g/mol. The summed E-state index contributed by atoms with van der Waals surface area (Å²) in [7, 11) is 0. The fourth-order valence-electron chi connectivity index (χ4n) is 2.29. The van der Waals surface area contributed by atoms with Crippen molar-refractivity contribution in [2.45, 2.75) is 19.5 Å². The van der Waals surface area contributed by atoms with Crippen molar-refractivity contribution in [3.63, 3.8) is 0 Å². The van der Waals surface area contributed by atoms with Crippen LogP contribution in [0.1, 0.15) is 13.0 Å². The Hall–Kier alpha value is -2.30. The largest absolute Gasteiger partial charge is 0.352 e. The minimum absolute atomic E-state index is 0.0936. The maximum absolute atomic E-state index is 12.3. The molecule has 18 heavy (non-hydrogen) atoms. The number of rotatable bonds is 1. The first kappa shape index (κ1) is 10.8. The van der Waals surface area contributed by atoms with E-state index in [2.05, 4.69) is 0 Å². The molecule has 0 N–H and O–H groups in total. The highest BCUT2D eigenvalue weighted by molar-refractivity contribution is 5.30. The van der Waals surface area contributed by atoms with E-state index in [0.29, 0.717) is 12.2 Å². The van der Waals surface area contributed by atoms with Gasteiger partial charge in [0.1, 0.15) is 0 Å². The van der Waals surface area contributed by atoms with Crippen molar-refractivity contribution in [1.82, 2.24) is 13.9 Å². The first-order valence-electron chi connectivity index (χ1n) is 5.86. The summed E-state index contributed by atoms with van der Waals surface area (Å²) in [5, 5.41) is 0. The predicted octanol–water partition coefficient (Wildman–Crippen LogP) is 0.931. The van der Waals surface area contributed by atoms with E-state index in [9.17, 15) is 9.59 Å². The smallest absolute Gasteiger partial charge is 0.245 e. The lowest BCUT2D eigenvalue weighted by molar-refractivity contribution is 0.421. The second kappa shape index (κ2) is 3.87. The van der Waals surface area contributed by atoms with Crippen LogP contribution in [-0.4, -0.2) is 13.9 Å². The van der Waals surface area contributed by atoms with E-state index in [-0.39, 0.29) is 17.4 Å². The van der Waals surface area contributed by atoms with Gasteiger partial charge in [-0.25, -0.2) is 23.5 Å². The van der Waals surface area contributed by atoms with Gasteiger partial charge in [-0.1, -0.05) is 30.4 Å². The van der Waals surface area contributed by atoms with Crippen LogP contribution in [0.4, 0.5) is 0 Å². The van der Waals surface area contributed by atoms with Crippen molar-refractivity contribution >= 4 is 0 Å². The van der Waals surface area contributed by atoms with Crippen LogP contribution in [0.5, 0.6) is 0 Å². The summed E-state index contributed by atoms with van der Waals surface area (Å²) in [6, 6.07) is 8.89. The van der Waals surface area contributed by atoms with E-state index >= 15 is 0 Å². The summed E-state index contributed by atoms with van der Waals surface area (Å²) < 4.78 is 4.18.